The molecule has 3 N–H and O–H groups in total. The van der Waals surface area contributed by atoms with Crippen molar-refractivity contribution in [1.29, 1.82) is 0 Å². The van der Waals surface area contributed by atoms with Crippen molar-refractivity contribution < 1.29 is 0 Å². The fourth-order valence-electron chi connectivity index (χ4n) is 2.96. The van der Waals surface area contributed by atoms with Crippen LogP contribution >= 0.6 is 11.6 Å². The Hall–Kier alpha value is -1.43. The Morgan fingerprint density at radius 2 is 2.29 bits per heavy atom. The van der Waals surface area contributed by atoms with E-state index < -0.39 is 0 Å². The van der Waals surface area contributed by atoms with Gasteiger partial charge < -0.3 is 10.7 Å². The summed E-state index contributed by atoms with van der Waals surface area (Å²) in [5.41, 5.74) is 6.38. The predicted molar refractivity (Wildman–Crippen MR) is 84.5 cm³/mol. The number of likely N-dealkylation sites (tertiary alicyclic amines) is 1. The van der Waals surface area contributed by atoms with Crippen LogP contribution in [0.4, 0.5) is 0 Å². The van der Waals surface area contributed by atoms with E-state index in [2.05, 4.69) is 14.9 Å². The van der Waals surface area contributed by atoms with E-state index in [-0.39, 0.29) is 5.56 Å². The van der Waals surface area contributed by atoms with Gasteiger partial charge in [-0.15, -0.1) is 0 Å². The molecule has 0 radical (unpaired) electrons. The second-order valence-corrected chi connectivity index (χ2v) is 5.97. The van der Waals surface area contributed by atoms with Crippen LogP contribution in [0.3, 0.4) is 0 Å². The molecule has 5 nitrogen and oxygen atoms in total. The third kappa shape index (κ3) is 3.10. The highest BCUT2D eigenvalue weighted by Crippen LogP contribution is 2.19. The Morgan fingerprint density at radius 3 is 3.10 bits per heavy atom. The fraction of sp³-hybridized carbons (Fsp3) is 0.467. The maximum absolute atomic E-state index is 12.1. The van der Waals surface area contributed by atoms with Gasteiger partial charge in [0.05, 0.1) is 17.4 Å². The Balaban J connectivity index is 1.90. The third-order valence-electron chi connectivity index (χ3n) is 4.09. The van der Waals surface area contributed by atoms with Crippen molar-refractivity contribution in [2.45, 2.75) is 31.8 Å². The molecule has 1 aliphatic rings. The minimum Gasteiger partial charge on any atom is -0.329 e. The summed E-state index contributed by atoms with van der Waals surface area (Å²) in [4.78, 5) is 21.9. The average molecular weight is 307 g/mol. The van der Waals surface area contributed by atoms with Crippen LogP contribution in [-0.4, -0.2) is 34.0 Å². The van der Waals surface area contributed by atoms with E-state index in [1.54, 1.807) is 18.2 Å². The highest BCUT2D eigenvalue weighted by atomic mass is 35.5. The fourth-order valence-corrected chi connectivity index (χ4v) is 3.13. The molecule has 1 saturated heterocycles. The van der Waals surface area contributed by atoms with Gasteiger partial charge in [-0.1, -0.05) is 18.0 Å². The van der Waals surface area contributed by atoms with Crippen LogP contribution < -0.4 is 11.3 Å². The second kappa shape index (κ2) is 6.13. The molecule has 21 heavy (non-hydrogen) atoms. The second-order valence-electron chi connectivity index (χ2n) is 5.53. The first-order chi connectivity index (χ1) is 10.2. The number of nitrogens with two attached hydrogens (primary N) is 1. The Labute approximate surface area is 128 Å². The summed E-state index contributed by atoms with van der Waals surface area (Å²) in [6.45, 7) is 2.29. The zero-order valence-corrected chi connectivity index (χ0v) is 12.6. The van der Waals surface area contributed by atoms with E-state index in [4.69, 9.17) is 17.3 Å². The molecule has 0 aliphatic carbocycles. The lowest BCUT2D eigenvalue weighted by Gasteiger charge is -2.34. The summed E-state index contributed by atoms with van der Waals surface area (Å²) < 4.78 is 0. The highest BCUT2D eigenvalue weighted by molar-refractivity contribution is 6.31. The molecule has 3 rings (SSSR count). The van der Waals surface area contributed by atoms with Crippen LogP contribution in [-0.2, 0) is 6.54 Å². The van der Waals surface area contributed by atoms with Gasteiger partial charge in [0.25, 0.3) is 5.56 Å². The minimum absolute atomic E-state index is 0.140. The zero-order chi connectivity index (χ0) is 14.8. The van der Waals surface area contributed by atoms with Crippen molar-refractivity contribution >= 4 is 22.5 Å². The maximum atomic E-state index is 12.1. The van der Waals surface area contributed by atoms with Crippen molar-refractivity contribution in [2.75, 3.05) is 13.1 Å². The van der Waals surface area contributed by atoms with Gasteiger partial charge in [-0.05, 0) is 37.6 Å². The lowest BCUT2D eigenvalue weighted by molar-refractivity contribution is 0.141. The molecule has 1 aliphatic heterocycles. The lowest BCUT2D eigenvalue weighted by Crippen LogP contribution is -2.43. The number of hydrogen-bond acceptors (Lipinski definition) is 4. The van der Waals surface area contributed by atoms with Gasteiger partial charge in [-0.25, -0.2) is 4.98 Å². The standard InChI is InChI=1S/C15H19ClN4O/c16-10-4-5-13-12(7-10)15(21)19-14(18-13)9-20-6-2-1-3-11(20)8-17/h4-5,7,11H,1-3,6,8-9,17H2,(H,18,19,21). The molecule has 1 atom stereocenters. The predicted octanol–water partition coefficient (Wildman–Crippen LogP) is 1.89. The summed E-state index contributed by atoms with van der Waals surface area (Å²) in [6, 6.07) is 5.57. The molecule has 1 unspecified atom stereocenters. The number of nitrogens with one attached hydrogen (secondary N) is 1. The first kappa shape index (κ1) is 14.5. The van der Waals surface area contributed by atoms with Gasteiger partial charge in [0.1, 0.15) is 5.82 Å². The molecule has 1 aromatic heterocycles. The SMILES string of the molecule is NCC1CCCCN1Cc1nc2ccc(Cl)cc2c(=O)[nH]1. The number of benzene rings is 1. The van der Waals surface area contributed by atoms with Gasteiger partial charge in [-0.2, -0.15) is 0 Å². The molecule has 1 fully saturated rings. The Bertz CT molecular complexity index is 700. The topological polar surface area (TPSA) is 75.0 Å². The summed E-state index contributed by atoms with van der Waals surface area (Å²) in [6.07, 6.45) is 3.51. The number of piperidine rings is 1. The van der Waals surface area contributed by atoms with Crippen LogP contribution in [0, 0.1) is 0 Å². The number of fused-ring (bicyclic) bond motifs is 1. The number of hydrogen-bond donors (Lipinski definition) is 2. The number of H-pyrrole nitrogens is 1. The van der Waals surface area contributed by atoms with Crippen LogP contribution in [0.25, 0.3) is 10.9 Å². The Morgan fingerprint density at radius 1 is 1.43 bits per heavy atom. The minimum atomic E-state index is -0.140. The van der Waals surface area contributed by atoms with E-state index in [0.717, 1.165) is 13.0 Å². The van der Waals surface area contributed by atoms with Crippen molar-refractivity contribution in [2.24, 2.45) is 5.73 Å². The van der Waals surface area contributed by atoms with Gasteiger partial charge in [0, 0.05) is 17.6 Å². The Kier molecular flexibility index (Phi) is 4.24. The van der Waals surface area contributed by atoms with E-state index >= 15 is 0 Å². The van der Waals surface area contributed by atoms with Crippen LogP contribution in [0.15, 0.2) is 23.0 Å². The smallest absolute Gasteiger partial charge is 0.258 e. The summed E-state index contributed by atoms with van der Waals surface area (Å²) in [7, 11) is 0. The van der Waals surface area contributed by atoms with Crippen molar-refractivity contribution in [3.8, 4) is 0 Å². The summed E-state index contributed by atoms with van der Waals surface area (Å²) in [5, 5.41) is 1.07. The van der Waals surface area contributed by atoms with E-state index in [1.165, 1.54) is 12.8 Å². The molecule has 112 valence electrons. The van der Waals surface area contributed by atoms with Gasteiger partial charge in [0.15, 0.2) is 0 Å². The van der Waals surface area contributed by atoms with Gasteiger partial charge in [-0.3, -0.25) is 9.69 Å². The van der Waals surface area contributed by atoms with Crippen molar-refractivity contribution in [1.82, 2.24) is 14.9 Å². The molecule has 6 heteroatoms. The molecule has 0 saturated carbocycles. The van der Waals surface area contributed by atoms with E-state index in [0.29, 0.717) is 40.9 Å². The number of aromatic amines is 1. The number of halogens is 1. The molecule has 0 amide bonds. The van der Waals surface area contributed by atoms with Gasteiger partial charge >= 0.3 is 0 Å². The molecule has 0 bridgehead atoms. The monoisotopic (exact) mass is 306 g/mol. The van der Waals surface area contributed by atoms with Crippen molar-refractivity contribution in [3.05, 3.63) is 39.4 Å². The molecular weight excluding hydrogens is 288 g/mol. The number of rotatable bonds is 3. The number of aromatic nitrogens is 2. The molecule has 2 heterocycles. The first-order valence-corrected chi connectivity index (χ1v) is 7.68. The normalized spacial score (nSPS) is 20.0. The van der Waals surface area contributed by atoms with E-state index in [1.807, 2.05) is 0 Å². The van der Waals surface area contributed by atoms with Crippen LogP contribution in [0.2, 0.25) is 5.02 Å². The van der Waals surface area contributed by atoms with E-state index in [9.17, 15) is 4.79 Å². The first-order valence-electron chi connectivity index (χ1n) is 7.30. The van der Waals surface area contributed by atoms with Crippen LogP contribution in [0.1, 0.15) is 25.1 Å². The van der Waals surface area contributed by atoms with Crippen LogP contribution in [0.5, 0.6) is 0 Å². The quantitative estimate of drug-likeness (QED) is 0.908. The maximum Gasteiger partial charge on any atom is 0.258 e. The lowest BCUT2D eigenvalue weighted by atomic mass is 10.0. The number of nitrogens with zero attached hydrogens (tertiary/aromatic N) is 2. The summed E-state index contributed by atoms with van der Waals surface area (Å²) in [5.74, 6) is 0.690. The average Bonchev–Trinajstić information content (AvgIpc) is 2.49. The zero-order valence-electron chi connectivity index (χ0n) is 11.8. The van der Waals surface area contributed by atoms with Crippen molar-refractivity contribution in [3.63, 3.8) is 0 Å². The molecule has 2 aromatic rings. The van der Waals surface area contributed by atoms with Gasteiger partial charge in [0.2, 0.25) is 0 Å². The highest BCUT2D eigenvalue weighted by Gasteiger charge is 2.21. The molecular formula is C15H19ClN4O. The molecule has 1 aromatic carbocycles. The molecule has 0 spiro atoms. The largest absolute Gasteiger partial charge is 0.329 e. The summed E-state index contributed by atoms with van der Waals surface area (Å²) >= 11 is 5.92. The third-order valence-corrected chi connectivity index (χ3v) is 4.33.